The van der Waals surface area contributed by atoms with Gasteiger partial charge in [0, 0.05) is 6.42 Å². The first-order chi connectivity index (χ1) is 7.79. The lowest BCUT2D eigenvalue weighted by molar-refractivity contribution is 0.223. The Morgan fingerprint density at radius 1 is 1.38 bits per heavy atom. The molecule has 1 unspecified atom stereocenters. The Labute approximate surface area is 96.3 Å². The second-order valence-corrected chi connectivity index (χ2v) is 4.14. The van der Waals surface area contributed by atoms with Gasteiger partial charge in [0.2, 0.25) is 0 Å². The third-order valence-corrected chi connectivity index (χ3v) is 2.76. The molecule has 1 heterocycles. The van der Waals surface area contributed by atoms with E-state index in [1.807, 2.05) is 0 Å². The molecule has 1 aliphatic rings. The smallest absolute Gasteiger partial charge is 0.184 e. The summed E-state index contributed by atoms with van der Waals surface area (Å²) < 4.78 is 5.78. The molecule has 3 heteroatoms. The van der Waals surface area contributed by atoms with Crippen molar-refractivity contribution in [2.24, 2.45) is 10.7 Å². The summed E-state index contributed by atoms with van der Waals surface area (Å²) >= 11 is 0. The highest BCUT2D eigenvalue weighted by atomic mass is 16.5. The topological polar surface area (TPSA) is 47.6 Å². The normalized spacial score (nSPS) is 19.4. The Bertz CT molecular complexity index is 370. The van der Waals surface area contributed by atoms with Crippen LogP contribution in [-0.4, -0.2) is 19.0 Å². The maximum atomic E-state index is 5.78. The first kappa shape index (κ1) is 11.1. The summed E-state index contributed by atoms with van der Waals surface area (Å²) in [5, 5.41) is 0. The van der Waals surface area contributed by atoms with Gasteiger partial charge in [0.05, 0.1) is 6.54 Å². The van der Waals surface area contributed by atoms with Crippen LogP contribution in [0.1, 0.15) is 30.1 Å². The SMILES string of the molecule is Cc1ccc(C2CN=C(CCCN)O2)cc1. The Morgan fingerprint density at radius 2 is 2.12 bits per heavy atom. The van der Waals surface area contributed by atoms with Crippen LogP contribution >= 0.6 is 0 Å². The summed E-state index contributed by atoms with van der Waals surface area (Å²) in [5.41, 5.74) is 7.93. The van der Waals surface area contributed by atoms with Crippen molar-refractivity contribution in [1.29, 1.82) is 0 Å². The van der Waals surface area contributed by atoms with Crippen molar-refractivity contribution in [3.63, 3.8) is 0 Å². The summed E-state index contributed by atoms with van der Waals surface area (Å²) in [4.78, 5) is 4.39. The van der Waals surface area contributed by atoms with Crippen molar-refractivity contribution < 1.29 is 4.74 Å². The first-order valence-corrected chi connectivity index (χ1v) is 5.76. The van der Waals surface area contributed by atoms with Crippen molar-refractivity contribution in [3.05, 3.63) is 35.4 Å². The predicted molar refractivity (Wildman–Crippen MR) is 65.6 cm³/mol. The molecular formula is C13H18N2O. The van der Waals surface area contributed by atoms with E-state index in [0.717, 1.165) is 25.3 Å². The third-order valence-electron chi connectivity index (χ3n) is 2.76. The van der Waals surface area contributed by atoms with Gasteiger partial charge in [-0.3, -0.25) is 4.99 Å². The Kier molecular flexibility index (Phi) is 3.57. The molecule has 0 saturated heterocycles. The number of nitrogens with zero attached hydrogens (tertiary/aromatic N) is 1. The number of nitrogens with two attached hydrogens (primary N) is 1. The Hall–Kier alpha value is -1.35. The maximum Gasteiger partial charge on any atom is 0.184 e. The number of aryl methyl sites for hydroxylation is 1. The molecule has 0 saturated carbocycles. The number of hydrogen-bond donors (Lipinski definition) is 1. The minimum Gasteiger partial charge on any atom is -0.471 e. The van der Waals surface area contributed by atoms with Crippen LogP contribution in [0.25, 0.3) is 0 Å². The second-order valence-electron chi connectivity index (χ2n) is 4.14. The molecule has 1 aromatic carbocycles. The van der Waals surface area contributed by atoms with Gasteiger partial charge < -0.3 is 10.5 Å². The zero-order valence-electron chi connectivity index (χ0n) is 9.65. The fourth-order valence-corrected chi connectivity index (χ4v) is 1.77. The molecule has 0 radical (unpaired) electrons. The molecule has 0 spiro atoms. The van der Waals surface area contributed by atoms with Gasteiger partial charge in [-0.25, -0.2) is 0 Å². The van der Waals surface area contributed by atoms with E-state index in [2.05, 4.69) is 36.2 Å². The summed E-state index contributed by atoms with van der Waals surface area (Å²) in [6.45, 7) is 3.52. The van der Waals surface area contributed by atoms with Crippen molar-refractivity contribution in [1.82, 2.24) is 0 Å². The zero-order chi connectivity index (χ0) is 11.4. The van der Waals surface area contributed by atoms with Crippen LogP contribution in [0.2, 0.25) is 0 Å². The van der Waals surface area contributed by atoms with Crippen LogP contribution in [0.15, 0.2) is 29.3 Å². The highest BCUT2D eigenvalue weighted by Crippen LogP contribution is 2.24. The lowest BCUT2D eigenvalue weighted by atomic mass is 10.1. The Balaban J connectivity index is 1.93. The fourth-order valence-electron chi connectivity index (χ4n) is 1.77. The average Bonchev–Trinajstić information content (AvgIpc) is 2.76. The highest BCUT2D eigenvalue weighted by molar-refractivity contribution is 5.77. The van der Waals surface area contributed by atoms with E-state index in [1.54, 1.807) is 0 Å². The van der Waals surface area contributed by atoms with Gasteiger partial charge in [-0.1, -0.05) is 29.8 Å². The predicted octanol–water partition coefficient (Wildman–Crippen LogP) is 2.20. The lowest BCUT2D eigenvalue weighted by Gasteiger charge is -2.11. The maximum absolute atomic E-state index is 5.78. The standard InChI is InChI=1S/C13H18N2O/c1-10-4-6-11(7-5-10)12-9-15-13(16-12)3-2-8-14/h4-7,12H,2-3,8-9,14H2,1H3. The van der Waals surface area contributed by atoms with E-state index in [1.165, 1.54) is 11.1 Å². The van der Waals surface area contributed by atoms with Gasteiger partial charge >= 0.3 is 0 Å². The first-order valence-electron chi connectivity index (χ1n) is 5.76. The monoisotopic (exact) mass is 218 g/mol. The average molecular weight is 218 g/mol. The number of hydrogen-bond acceptors (Lipinski definition) is 3. The van der Waals surface area contributed by atoms with Gasteiger partial charge in [-0.05, 0) is 25.5 Å². The van der Waals surface area contributed by atoms with Crippen LogP contribution in [0.3, 0.4) is 0 Å². The second kappa shape index (κ2) is 5.12. The molecule has 2 N–H and O–H groups in total. The molecule has 0 amide bonds. The number of rotatable bonds is 4. The van der Waals surface area contributed by atoms with Gasteiger partial charge in [0.25, 0.3) is 0 Å². The lowest BCUT2D eigenvalue weighted by Crippen LogP contribution is -2.07. The van der Waals surface area contributed by atoms with E-state index in [0.29, 0.717) is 6.54 Å². The van der Waals surface area contributed by atoms with Gasteiger partial charge in [0.15, 0.2) is 5.90 Å². The zero-order valence-corrected chi connectivity index (χ0v) is 9.65. The Morgan fingerprint density at radius 3 is 2.81 bits per heavy atom. The van der Waals surface area contributed by atoms with E-state index in [9.17, 15) is 0 Å². The van der Waals surface area contributed by atoms with Crippen LogP contribution in [0.5, 0.6) is 0 Å². The molecule has 2 rings (SSSR count). The molecule has 0 fully saturated rings. The van der Waals surface area contributed by atoms with Crippen LogP contribution in [0.4, 0.5) is 0 Å². The molecule has 3 nitrogen and oxygen atoms in total. The van der Waals surface area contributed by atoms with Crippen LogP contribution in [-0.2, 0) is 4.74 Å². The number of benzene rings is 1. The largest absolute Gasteiger partial charge is 0.471 e. The van der Waals surface area contributed by atoms with E-state index in [4.69, 9.17) is 10.5 Å². The van der Waals surface area contributed by atoms with E-state index < -0.39 is 0 Å². The van der Waals surface area contributed by atoms with Gasteiger partial charge in [-0.15, -0.1) is 0 Å². The van der Waals surface area contributed by atoms with Gasteiger partial charge in [0.1, 0.15) is 6.10 Å². The van der Waals surface area contributed by atoms with Crippen LogP contribution in [0, 0.1) is 6.92 Å². The quantitative estimate of drug-likeness (QED) is 0.842. The number of ether oxygens (including phenoxy) is 1. The molecule has 16 heavy (non-hydrogen) atoms. The number of aliphatic imine (C=N–C) groups is 1. The van der Waals surface area contributed by atoms with Crippen molar-refractivity contribution in [2.75, 3.05) is 13.1 Å². The summed E-state index contributed by atoms with van der Waals surface area (Å²) in [6.07, 6.45) is 1.91. The van der Waals surface area contributed by atoms with Crippen molar-refractivity contribution in [2.45, 2.75) is 25.9 Å². The highest BCUT2D eigenvalue weighted by Gasteiger charge is 2.20. The third kappa shape index (κ3) is 2.61. The molecule has 0 aliphatic carbocycles. The van der Waals surface area contributed by atoms with Crippen molar-refractivity contribution >= 4 is 5.90 Å². The summed E-state index contributed by atoms with van der Waals surface area (Å²) in [6, 6.07) is 8.44. The minimum atomic E-state index is 0.105. The van der Waals surface area contributed by atoms with Crippen LogP contribution < -0.4 is 5.73 Å². The summed E-state index contributed by atoms with van der Waals surface area (Å²) in [5.74, 6) is 0.857. The molecule has 0 aromatic heterocycles. The summed E-state index contributed by atoms with van der Waals surface area (Å²) in [7, 11) is 0. The molecule has 1 aliphatic heterocycles. The van der Waals surface area contributed by atoms with E-state index in [-0.39, 0.29) is 6.10 Å². The molecule has 0 bridgehead atoms. The molecular weight excluding hydrogens is 200 g/mol. The fraction of sp³-hybridized carbons (Fsp3) is 0.462. The molecule has 1 aromatic rings. The van der Waals surface area contributed by atoms with E-state index >= 15 is 0 Å². The molecule has 86 valence electrons. The van der Waals surface area contributed by atoms with Crippen molar-refractivity contribution in [3.8, 4) is 0 Å². The molecule has 1 atom stereocenters. The minimum absolute atomic E-state index is 0.105. The van der Waals surface area contributed by atoms with Gasteiger partial charge in [-0.2, -0.15) is 0 Å².